The topological polar surface area (TPSA) is 136 Å². The highest BCUT2D eigenvalue weighted by molar-refractivity contribution is 7.91. The fourth-order valence-corrected chi connectivity index (χ4v) is 5.32. The second kappa shape index (κ2) is 8.09. The summed E-state index contributed by atoms with van der Waals surface area (Å²) < 4.78 is 30.5. The molecule has 3 aromatic rings. The van der Waals surface area contributed by atoms with Crippen molar-refractivity contribution in [3.05, 3.63) is 45.7 Å². The van der Waals surface area contributed by atoms with Crippen molar-refractivity contribution in [1.82, 2.24) is 19.8 Å². The average molecular weight is 485 g/mol. The van der Waals surface area contributed by atoms with Crippen LogP contribution in [0.5, 0.6) is 0 Å². The average Bonchev–Trinajstić information content (AvgIpc) is 3.47. The fourth-order valence-electron chi connectivity index (χ4n) is 3.34. The molecule has 10 nitrogen and oxygen atoms in total. The molecule has 1 saturated heterocycles. The van der Waals surface area contributed by atoms with E-state index < -0.39 is 27.0 Å². The standard InChI is InChI=1S/C18H17ClN4O6S2/c1-31(27,28)11-4-5-22(9-11)17(24)12-7-13(18(25)26)23(20-12)8-10-6-14(29-21-10)15-2-3-16(19)30-15/h2-3,6-7,11H,4-5,8-9H2,1H3,(H,25,26). The van der Waals surface area contributed by atoms with E-state index in [1.807, 2.05) is 0 Å². The molecule has 4 rings (SSSR count). The molecule has 4 heterocycles. The van der Waals surface area contributed by atoms with Gasteiger partial charge in [-0.3, -0.25) is 9.48 Å². The van der Waals surface area contributed by atoms with E-state index in [2.05, 4.69) is 10.3 Å². The zero-order valence-electron chi connectivity index (χ0n) is 16.2. The Hall–Kier alpha value is -2.70. The molecule has 0 spiro atoms. The molecule has 3 aromatic heterocycles. The third kappa shape index (κ3) is 4.50. The van der Waals surface area contributed by atoms with Gasteiger partial charge in [-0.05, 0) is 18.6 Å². The maximum absolute atomic E-state index is 12.8. The maximum Gasteiger partial charge on any atom is 0.354 e. The Bertz CT molecular complexity index is 1260. The van der Waals surface area contributed by atoms with E-state index >= 15 is 0 Å². The van der Waals surface area contributed by atoms with E-state index in [0.29, 0.717) is 22.2 Å². The van der Waals surface area contributed by atoms with E-state index in [4.69, 9.17) is 16.1 Å². The Balaban J connectivity index is 1.55. The van der Waals surface area contributed by atoms with Gasteiger partial charge in [0.15, 0.2) is 21.3 Å². The molecule has 1 aliphatic rings. The van der Waals surface area contributed by atoms with Gasteiger partial charge in [0, 0.05) is 31.5 Å². The minimum Gasteiger partial charge on any atom is -0.477 e. The number of rotatable bonds is 6. The number of carbonyl (C=O) groups excluding carboxylic acids is 1. The van der Waals surface area contributed by atoms with Crippen molar-refractivity contribution in [2.75, 3.05) is 19.3 Å². The number of amides is 1. The molecule has 0 aliphatic carbocycles. The van der Waals surface area contributed by atoms with Crippen LogP contribution in [-0.4, -0.2) is 69.8 Å². The summed E-state index contributed by atoms with van der Waals surface area (Å²) in [5, 5.41) is 17.0. The van der Waals surface area contributed by atoms with E-state index in [0.717, 1.165) is 15.8 Å². The molecule has 1 amide bonds. The van der Waals surface area contributed by atoms with Gasteiger partial charge in [0.25, 0.3) is 5.91 Å². The lowest BCUT2D eigenvalue weighted by atomic mass is 10.3. The molecular formula is C18H17ClN4O6S2. The maximum atomic E-state index is 12.8. The number of likely N-dealkylation sites (tertiary alicyclic amines) is 1. The first kappa shape index (κ1) is 21.5. The van der Waals surface area contributed by atoms with Crippen molar-refractivity contribution >= 4 is 44.7 Å². The molecule has 1 fully saturated rings. The molecule has 0 radical (unpaired) electrons. The highest BCUT2D eigenvalue weighted by Gasteiger charge is 2.34. The van der Waals surface area contributed by atoms with E-state index in [-0.39, 0.29) is 31.0 Å². The number of aromatic nitrogens is 3. The Morgan fingerprint density at radius 1 is 1.35 bits per heavy atom. The summed E-state index contributed by atoms with van der Waals surface area (Å²) >= 11 is 7.25. The quantitative estimate of drug-likeness (QED) is 0.562. The molecule has 1 unspecified atom stereocenters. The second-order valence-electron chi connectivity index (χ2n) is 7.16. The van der Waals surface area contributed by atoms with Gasteiger partial charge in [-0.25, -0.2) is 13.2 Å². The normalized spacial score (nSPS) is 16.7. The lowest BCUT2D eigenvalue weighted by molar-refractivity contribution is 0.0683. The van der Waals surface area contributed by atoms with Gasteiger partial charge in [0.1, 0.15) is 11.4 Å². The largest absolute Gasteiger partial charge is 0.477 e. The van der Waals surface area contributed by atoms with Crippen LogP contribution in [0, 0.1) is 0 Å². The second-order valence-corrected chi connectivity index (χ2v) is 11.2. The number of carboxylic acid groups (broad SMARTS) is 1. The van der Waals surface area contributed by atoms with Crippen LogP contribution in [0.4, 0.5) is 0 Å². The first-order chi connectivity index (χ1) is 14.6. The van der Waals surface area contributed by atoms with Crippen LogP contribution in [0.3, 0.4) is 0 Å². The lowest BCUT2D eigenvalue weighted by Crippen LogP contribution is -2.31. The van der Waals surface area contributed by atoms with Gasteiger partial charge in [0.05, 0.1) is 21.0 Å². The van der Waals surface area contributed by atoms with Gasteiger partial charge in [-0.15, -0.1) is 11.3 Å². The molecular weight excluding hydrogens is 468 g/mol. The summed E-state index contributed by atoms with van der Waals surface area (Å²) in [6.45, 7) is 0.300. The van der Waals surface area contributed by atoms with Gasteiger partial charge in [-0.2, -0.15) is 5.10 Å². The Kier molecular flexibility index (Phi) is 5.62. The molecule has 31 heavy (non-hydrogen) atoms. The SMILES string of the molecule is CS(=O)(=O)C1CCN(C(=O)c2cc(C(=O)O)n(Cc3cc(-c4ccc(Cl)s4)on3)n2)C1. The van der Waals surface area contributed by atoms with Gasteiger partial charge < -0.3 is 14.5 Å². The minimum absolute atomic E-state index is 0.0243. The first-order valence-electron chi connectivity index (χ1n) is 9.12. The number of nitrogens with zero attached hydrogens (tertiary/aromatic N) is 4. The number of carbonyl (C=O) groups is 2. The smallest absolute Gasteiger partial charge is 0.354 e. The van der Waals surface area contributed by atoms with E-state index in [1.165, 1.54) is 22.3 Å². The molecule has 1 atom stereocenters. The van der Waals surface area contributed by atoms with Gasteiger partial charge in [0.2, 0.25) is 0 Å². The number of carboxylic acids is 1. The predicted octanol–water partition coefficient (Wildman–Crippen LogP) is 2.26. The third-order valence-electron chi connectivity index (χ3n) is 4.94. The van der Waals surface area contributed by atoms with Crippen LogP contribution in [0.1, 0.15) is 33.1 Å². The van der Waals surface area contributed by atoms with Crippen molar-refractivity contribution in [2.45, 2.75) is 18.2 Å². The Labute approximate surface area is 185 Å². The van der Waals surface area contributed by atoms with Crippen molar-refractivity contribution in [2.24, 2.45) is 0 Å². The summed E-state index contributed by atoms with van der Waals surface area (Å²) in [7, 11) is -3.27. The van der Waals surface area contributed by atoms with Crippen molar-refractivity contribution < 1.29 is 27.6 Å². The molecule has 0 saturated carbocycles. The fraction of sp³-hybridized carbons (Fsp3) is 0.333. The summed E-state index contributed by atoms with van der Waals surface area (Å²) in [5.41, 5.74) is 0.161. The number of hydrogen-bond donors (Lipinski definition) is 1. The number of aromatic carboxylic acids is 1. The number of halogens is 1. The van der Waals surface area contributed by atoms with Crippen LogP contribution < -0.4 is 0 Å². The molecule has 1 N–H and O–H groups in total. The molecule has 0 bridgehead atoms. The zero-order valence-corrected chi connectivity index (χ0v) is 18.6. The summed E-state index contributed by atoms with van der Waals surface area (Å²) in [6, 6.07) is 6.33. The van der Waals surface area contributed by atoms with Crippen LogP contribution in [0.2, 0.25) is 4.34 Å². The summed E-state index contributed by atoms with van der Waals surface area (Å²) in [6.07, 6.45) is 1.48. The summed E-state index contributed by atoms with van der Waals surface area (Å²) in [4.78, 5) is 26.6. The lowest BCUT2D eigenvalue weighted by Gasteiger charge is -2.14. The molecule has 13 heteroatoms. The van der Waals surface area contributed by atoms with Crippen LogP contribution >= 0.6 is 22.9 Å². The third-order valence-corrected chi connectivity index (χ3v) is 7.78. The monoisotopic (exact) mass is 484 g/mol. The predicted molar refractivity (Wildman–Crippen MR) is 112 cm³/mol. The van der Waals surface area contributed by atoms with Gasteiger partial charge in [-0.1, -0.05) is 16.8 Å². The molecule has 164 valence electrons. The van der Waals surface area contributed by atoms with Gasteiger partial charge >= 0.3 is 5.97 Å². The van der Waals surface area contributed by atoms with Crippen LogP contribution in [-0.2, 0) is 16.4 Å². The van der Waals surface area contributed by atoms with Crippen molar-refractivity contribution in [1.29, 1.82) is 0 Å². The van der Waals surface area contributed by atoms with Crippen LogP contribution in [0.25, 0.3) is 10.6 Å². The van der Waals surface area contributed by atoms with Crippen molar-refractivity contribution in [3.8, 4) is 10.6 Å². The van der Waals surface area contributed by atoms with E-state index in [9.17, 15) is 23.1 Å². The number of sulfone groups is 1. The Morgan fingerprint density at radius 3 is 2.74 bits per heavy atom. The van der Waals surface area contributed by atoms with Crippen molar-refractivity contribution in [3.63, 3.8) is 0 Å². The zero-order chi connectivity index (χ0) is 22.3. The highest BCUT2D eigenvalue weighted by Crippen LogP contribution is 2.31. The molecule has 1 aliphatic heterocycles. The van der Waals surface area contributed by atoms with E-state index in [1.54, 1.807) is 18.2 Å². The number of thiophene rings is 1. The number of hydrogen-bond acceptors (Lipinski definition) is 8. The van der Waals surface area contributed by atoms with Crippen LogP contribution in [0.15, 0.2) is 28.8 Å². The first-order valence-corrected chi connectivity index (χ1v) is 12.3. The summed E-state index contributed by atoms with van der Waals surface area (Å²) in [5.74, 6) is -1.28. The highest BCUT2D eigenvalue weighted by atomic mass is 35.5. The Morgan fingerprint density at radius 2 is 2.13 bits per heavy atom. The molecule has 0 aromatic carbocycles. The minimum atomic E-state index is -3.27.